The van der Waals surface area contributed by atoms with E-state index in [0.717, 1.165) is 19.3 Å². The van der Waals surface area contributed by atoms with Crippen molar-refractivity contribution < 1.29 is 49.0 Å². The molecule has 5 aromatic carbocycles. The molecule has 0 spiro atoms. The van der Waals surface area contributed by atoms with Crippen LogP contribution in [0, 0.1) is 19.9 Å². The summed E-state index contributed by atoms with van der Waals surface area (Å²) in [6.07, 6.45) is 3.27. The van der Waals surface area contributed by atoms with Crippen LogP contribution in [0.5, 0.6) is 0 Å². The number of hydrogen-bond acceptors (Lipinski definition) is 0. The fourth-order valence-corrected chi connectivity index (χ4v) is 6.45. The minimum atomic E-state index is 0. The summed E-state index contributed by atoms with van der Waals surface area (Å²) in [7, 11) is 0. The SMILES string of the molecule is CC(C)(C)c1c[c-]c2c(c1)-c1cc(C(C)(C)C)ccc1C2.Cc1c[cH-]c(C)c1.[Cl-].[Cl-].[Zr+2]=[C](Cc1ccccc1)Cc1ccccc1. The molecule has 0 radical (unpaired) electrons. The number of rotatable bonds is 4. The first-order valence-corrected chi connectivity index (χ1v) is 17.1. The van der Waals surface area contributed by atoms with Gasteiger partial charge in [-0.3, -0.25) is 0 Å². The van der Waals surface area contributed by atoms with Crippen LogP contribution in [0.4, 0.5) is 0 Å². The fraction of sp³-hybridized carbons (Fsp3) is 0.302. The van der Waals surface area contributed by atoms with E-state index >= 15 is 0 Å². The first kappa shape index (κ1) is 39.7. The van der Waals surface area contributed by atoms with Crippen LogP contribution in [-0.4, -0.2) is 3.21 Å². The van der Waals surface area contributed by atoms with Gasteiger partial charge in [0, 0.05) is 0 Å². The molecule has 5 aromatic rings. The number of fused-ring (bicyclic) bond motifs is 3. The third-order valence-electron chi connectivity index (χ3n) is 8.11. The molecule has 3 heteroatoms. The van der Waals surface area contributed by atoms with Crippen LogP contribution in [0.2, 0.25) is 0 Å². The van der Waals surface area contributed by atoms with E-state index in [1.807, 2.05) is 0 Å². The fourth-order valence-electron chi connectivity index (χ4n) is 5.45. The normalized spacial score (nSPS) is 11.3. The van der Waals surface area contributed by atoms with Gasteiger partial charge in [-0.2, -0.15) is 47.0 Å². The molecule has 1 aliphatic rings. The summed E-state index contributed by atoms with van der Waals surface area (Å²) >= 11 is 1.55. The Kier molecular flexibility index (Phi) is 15.2. The molecular weight excluding hydrogens is 679 g/mol. The van der Waals surface area contributed by atoms with E-state index in [-0.39, 0.29) is 35.6 Å². The van der Waals surface area contributed by atoms with Gasteiger partial charge in [0.15, 0.2) is 0 Å². The number of halogens is 2. The second-order valence-corrected chi connectivity index (χ2v) is 16.0. The third-order valence-corrected chi connectivity index (χ3v) is 8.98. The molecule has 0 aromatic heterocycles. The summed E-state index contributed by atoms with van der Waals surface area (Å²) in [5.41, 5.74) is 14.3. The Labute approximate surface area is 306 Å². The molecule has 0 nitrogen and oxygen atoms in total. The average molecular weight is 727 g/mol. The number of hydrogen-bond donors (Lipinski definition) is 0. The van der Waals surface area contributed by atoms with Crippen molar-refractivity contribution in [1.29, 1.82) is 0 Å². The molecule has 0 atom stereocenters. The van der Waals surface area contributed by atoms with Gasteiger partial charge in [-0.05, 0) is 17.4 Å². The number of aryl methyl sites for hydroxylation is 2. The van der Waals surface area contributed by atoms with Gasteiger partial charge in [0.05, 0.1) is 0 Å². The molecule has 0 heterocycles. The Morgan fingerprint density at radius 3 is 1.65 bits per heavy atom. The van der Waals surface area contributed by atoms with Crippen molar-refractivity contribution in [3.8, 4) is 11.1 Å². The minimum absolute atomic E-state index is 0. The van der Waals surface area contributed by atoms with Crippen LogP contribution in [0.25, 0.3) is 11.1 Å². The second-order valence-electron chi connectivity index (χ2n) is 14.2. The van der Waals surface area contributed by atoms with Crippen LogP contribution < -0.4 is 24.8 Å². The molecule has 6 rings (SSSR count). The predicted octanol–water partition coefficient (Wildman–Crippen LogP) is 4.87. The summed E-state index contributed by atoms with van der Waals surface area (Å²) < 4.78 is 1.60. The monoisotopic (exact) mass is 724 g/mol. The van der Waals surface area contributed by atoms with Crippen LogP contribution in [0.1, 0.15) is 86.1 Å². The van der Waals surface area contributed by atoms with E-state index in [0.29, 0.717) is 0 Å². The molecular formula is C43H48Cl2Zr-2. The molecule has 1 aliphatic carbocycles. The molecule has 0 aliphatic heterocycles. The first-order chi connectivity index (χ1) is 20.8. The summed E-state index contributed by atoms with van der Waals surface area (Å²) in [6, 6.07) is 42.9. The topological polar surface area (TPSA) is 0 Å². The van der Waals surface area contributed by atoms with Crippen molar-refractivity contribution in [3.63, 3.8) is 0 Å². The van der Waals surface area contributed by atoms with Gasteiger partial charge in [0.2, 0.25) is 0 Å². The van der Waals surface area contributed by atoms with E-state index < -0.39 is 0 Å². The van der Waals surface area contributed by atoms with Crippen molar-refractivity contribution in [1.82, 2.24) is 0 Å². The van der Waals surface area contributed by atoms with Gasteiger partial charge >= 0.3 is 112 Å². The molecule has 0 unspecified atom stereocenters. The van der Waals surface area contributed by atoms with Crippen molar-refractivity contribution >= 4 is 3.21 Å². The van der Waals surface area contributed by atoms with Crippen LogP contribution in [0.3, 0.4) is 0 Å². The summed E-state index contributed by atoms with van der Waals surface area (Å²) in [5.74, 6) is 0. The number of benzene rings is 4. The van der Waals surface area contributed by atoms with Gasteiger partial charge in [-0.1, -0.05) is 90.1 Å². The average Bonchev–Trinajstić information content (AvgIpc) is 3.54. The van der Waals surface area contributed by atoms with Gasteiger partial charge < -0.3 is 24.8 Å². The van der Waals surface area contributed by atoms with Crippen molar-refractivity contribution in [2.24, 2.45) is 0 Å². The van der Waals surface area contributed by atoms with Crippen LogP contribution in [0.15, 0.2) is 109 Å². The van der Waals surface area contributed by atoms with Gasteiger partial charge in [-0.15, -0.1) is 5.56 Å². The summed E-state index contributed by atoms with van der Waals surface area (Å²) in [4.78, 5) is 0. The Balaban J connectivity index is 0.000000261. The van der Waals surface area contributed by atoms with E-state index in [2.05, 4.69) is 171 Å². The first-order valence-electron chi connectivity index (χ1n) is 15.8. The van der Waals surface area contributed by atoms with Gasteiger partial charge in [-0.25, -0.2) is 11.6 Å². The Morgan fingerprint density at radius 2 is 1.22 bits per heavy atom. The summed E-state index contributed by atoms with van der Waals surface area (Å²) in [5, 5.41) is 0. The molecule has 0 fully saturated rings. The molecule has 46 heavy (non-hydrogen) atoms. The van der Waals surface area contributed by atoms with Crippen molar-refractivity contribution in [2.75, 3.05) is 0 Å². The van der Waals surface area contributed by atoms with Crippen molar-refractivity contribution in [3.05, 3.63) is 160 Å². The molecule has 0 bridgehead atoms. The molecule has 240 valence electrons. The van der Waals surface area contributed by atoms with E-state index in [4.69, 9.17) is 0 Å². The van der Waals surface area contributed by atoms with Gasteiger partial charge in [0.25, 0.3) is 0 Å². The Hall–Kier alpha value is -2.44. The maximum atomic E-state index is 3.53. The second kappa shape index (κ2) is 17.6. The van der Waals surface area contributed by atoms with Crippen LogP contribution >= 0.6 is 0 Å². The zero-order valence-corrected chi connectivity index (χ0v) is 32.7. The van der Waals surface area contributed by atoms with Crippen LogP contribution in [-0.2, 0) is 54.3 Å². The Bertz CT molecular complexity index is 1540. The quantitative estimate of drug-likeness (QED) is 0.228. The third kappa shape index (κ3) is 11.7. The summed E-state index contributed by atoms with van der Waals surface area (Å²) in [6.45, 7) is 17.9. The Morgan fingerprint density at radius 1 is 0.696 bits per heavy atom. The zero-order chi connectivity index (χ0) is 31.9. The van der Waals surface area contributed by atoms with Crippen molar-refractivity contribution in [2.45, 2.75) is 85.5 Å². The maximum absolute atomic E-state index is 3.53. The van der Waals surface area contributed by atoms with E-state index in [9.17, 15) is 0 Å². The zero-order valence-electron chi connectivity index (χ0n) is 28.8. The predicted molar refractivity (Wildman–Crippen MR) is 188 cm³/mol. The molecule has 0 amide bonds. The molecule has 0 saturated carbocycles. The van der Waals surface area contributed by atoms with E-state index in [1.54, 1.807) is 27.4 Å². The standard InChI is InChI=1S/C21H25.C15H14.C7H9.2ClH.Zr/c1-20(2,3)16-9-7-14-11-15-8-10-17(21(4,5)6)13-19(15)18(14)12-16;1-3-8-14(9-4-1)12-7-13-15-10-5-2-6-11-15;1-6-3-4-7(2)5-6;;;/h7,9-10,12-13H,11H2,1-6H3;1-6,8-11H,12-13H2;3-5H,1-2H3;2*1H;/q-1;;-1;;;+2/p-2. The molecule has 0 N–H and O–H groups in total. The molecule has 0 saturated heterocycles. The van der Waals surface area contributed by atoms with E-state index in [1.165, 1.54) is 55.6 Å². The van der Waals surface area contributed by atoms with Gasteiger partial charge in [0.1, 0.15) is 0 Å².